The van der Waals surface area contributed by atoms with E-state index in [0.717, 1.165) is 23.4 Å². The lowest BCUT2D eigenvalue weighted by molar-refractivity contribution is -0.118. The SMILES string of the molecule is CN1C(=O)CCc2cc(NC(=O)c3ccc(F)cc3F)ccc21. The third kappa shape index (κ3) is 2.92. The van der Waals surface area contributed by atoms with E-state index in [-0.39, 0.29) is 11.5 Å². The minimum atomic E-state index is -0.911. The molecule has 1 aliphatic rings. The second kappa shape index (κ2) is 5.79. The standard InChI is InChI=1S/C17H14F2N2O2/c1-21-15-6-4-12(8-10(15)2-7-16(21)22)20-17(23)13-5-3-11(18)9-14(13)19/h3-6,8-9H,2,7H2,1H3,(H,20,23). The van der Waals surface area contributed by atoms with E-state index in [1.807, 2.05) is 0 Å². The van der Waals surface area contributed by atoms with E-state index in [2.05, 4.69) is 5.32 Å². The molecule has 2 aromatic rings. The number of aryl methyl sites for hydroxylation is 1. The minimum Gasteiger partial charge on any atom is -0.322 e. The molecule has 0 spiro atoms. The third-order valence-corrected chi connectivity index (χ3v) is 3.86. The lowest BCUT2D eigenvalue weighted by Gasteiger charge is -2.26. The highest BCUT2D eigenvalue weighted by molar-refractivity contribution is 6.05. The zero-order valence-electron chi connectivity index (χ0n) is 12.4. The van der Waals surface area contributed by atoms with E-state index >= 15 is 0 Å². The van der Waals surface area contributed by atoms with Crippen molar-refractivity contribution in [2.24, 2.45) is 0 Å². The van der Waals surface area contributed by atoms with Crippen LogP contribution in [0.15, 0.2) is 36.4 Å². The van der Waals surface area contributed by atoms with Crippen LogP contribution < -0.4 is 10.2 Å². The van der Waals surface area contributed by atoms with Crippen LogP contribution >= 0.6 is 0 Å². The number of amides is 2. The molecule has 0 aromatic heterocycles. The Hall–Kier alpha value is -2.76. The van der Waals surface area contributed by atoms with Crippen molar-refractivity contribution in [3.63, 3.8) is 0 Å². The van der Waals surface area contributed by atoms with Crippen molar-refractivity contribution >= 4 is 23.2 Å². The fourth-order valence-electron chi connectivity index (χ4n) is 2.61. The summed E-state index contributed by atoms with van der Waals surface area (Å²) < 4.78 is 26.5. The molecule has 0 saturated heterocycles. The smallest absolute Gasteiger partial charge is 0.258 e. The first-order chi connectivity index (χ1) is 11.0. The minimum absolute atomic E-state index is 0.0441. The second-order valence-electron chi connectivity index (χ2n) is 5.37. The van der Waals surface area contributed by atoms with Crippen LogP contribution in [-0.4, -0.2) is 18.9 Å². The molecule has 2 amide bonds. The van der Waals surface area contributed by atoms with Gasteiger partial charge in [-0.15, -0.1) is 0 Å². The molecule has 6 heteroatoms. The third-order valence-electron chi connectivity index (χ3n) is 3.86. The number of hydrogen-bond acceptors (Lipinski definition) is 2. The monoisotopic (exact) mass is 316 g/mol. The van der Waals surface area contributed by atoms with Gasteiger partial charge >= 0.3 is 0 Å². The lowest BCUT2D eigenvalue weighted by Crippen LogP contribution is -2.31. The van der Waals surface area contributed by atoms with Gasteiger partial charge in [0.05, 0.1) is 5.56 Å². The molecule has 118 valence electrons. The summed E-state index contributed by atoms with van der Waals surface area (Å²) in [6, 6.07) is 7.95. The number of halogens is 2. The maximum atomic E-state index is 13.6. The molecule has 2 aromatic carbocycles. The highest BCUT2D eigenvalue weighted by atomic mass is 19.1. The first kappa shape index (κ1) is 15.1. The van der Waals surface area contributed by atoms with Gasteiger partial charge in [-0.25, -0.2) is 8.78 Å². The number of rotatable bonds is 2. The highest BCUT2D eigenvalue weighted by Crippen LogP contribution is 2.29. The molecule has 0 saturated carbocycles. The Bertz CT molecular complexity index is 805. The Morgan fingerprint density at radius 2 is 1.91 bits per heavy atom. The van der Waals surface area contributed by atoms with Crippen LogP contribution in [0.1, 0.15) is 22.3 Å². The summed E-state index contributed by atoms with van der Waals surface area (Å²) in [5, 5.41) is 2.59. The molecule has 1 N–H and O–H groups in total. The zero-order valence-corrected chi connectivity index (χ0v) is 12.4. The number of hydrogen-bond donors (Lipinski definition) is 1. The Labute approximate surface area is 131 Å². The van der Waals surface area contributed by atoms with Crippen LogP contribution in [0.3, 0.4) is 0 Å². The average molecular weight is 316 g/mol. The Balaban J connectivity index is 1.83. The number of fused-ring (bicyclic) bond motifs is 1. The van der Waals surface area contributed by atoms with Gasteiger partial charge in [-0.1, -0.05) is 0 Å². The van der Waals surface area contributed by atoms with Crippen molar-refractivity contribution in [1.82, 2.24) is 0 Å². The molecule has 0 bridgehead atoms. The predicted octanol–water partition coefficient (Wildman–Crippen LogP) is 3.13. The molecular weight excluding hydrogens is 302 g/mol. The van der Waals surface area contributed by atoms with Gasteiger partial charge in [0.2, 0.25) is 5.91 Å². The van der Waals surface area contributed by atoms with Gasteiger partial charge in [0, 0.05) is 30.9 Å². The van der Waals surface area contributed by atoms with E-state index < -0.39 is 17.5 Å². The number of nitrogens with one attached hydrogen (secondary N) is 1. The lowest BCUT2D eigenvalue weighted by atomic mass is 10.0. The summed E-state index contributed by atoms with van der Waals surface area (Å²) in [6.07, 6.45) is 1.00. The van der Waals surface area contributed by atoms with Crippen LogP contribution in [0.4, 0.5) is 20.2 Å². The Morgan fingerprint density at radius 1 is 1.13 bits per heavy atom. The molecule has 0 aliphatic carbocycles. The van der Waals surface area contributed by atoms with Crippen molar-refractivity contribution in [3.05, 3.63) is 59.2 Å². The van der Waals surface area contributed by atoms with E-state index in [1.54, 1.807) is 30.1 Å². The van der Waals surface area contributed by atoms with Crippen molar-refractivity contribution in [3.8, 4) is 0 Å². The van der Waals surface area contributed by atoms with Crippen LogP contribution in [0.5, 0.6) is 0 Å². The van der Waals surface area contributed by atoms with Crippen molar-refractivity contribution in [2.75, 3.05) is 17.3 Å². The van der Waals surface area contributed by atoms with Crippen LogP contribution in [0, 0.1) is 11.6 Å². The summed E-state index contributed by atoms with van der Waals surface area (Å²) in [6.45, 7) is 0. The van der Waals surface area contributed by atoms with Gasteiger partial charge in [-0.05, 0) is 42.3 Å². The average Bonchev–Trinajstić information content (AvgIpc) is 2.51. The molecule has 0 unspecified atom stereocenters. The predicted molar refractivity (Wildman–Crippen MR) is 82.5 cm³/mol. The first-order valence-electron chi connectivity index (χ1n) is 7.11. The second-order valence-corrected chi connectivity index (χ2v) is 5.37. The van der Waals surface area contributed by atoms with E-state index in [4.69, 9.17) is 0 Å². The quantitative estimate of drug-likeness (QED) is 0.925. The Morgan fingerprint density at radius 3 is 2.65 bits per heavy atom. The van der Waals surface area contributed by atoms with Gasteiger partial charge in [-0.2, -0.15) is 0 Å². The van der Waals surface area contributed by atoms with E-state index in [9.17, 15) is 18.4 Å². The fraction of sp³-hybridized carbons (Fsp3) is 0.176. The first-order valence-corrected chi connectivity index (χ1v) is 7.11. The van der Waals surface area contributed by atoms with Gasteiger partial charge in [0.15, 0.2) is 0 Å². The normalized spacial score (nSPS) is 13.7. The van der Waals surface area contributed by atoms with Crippen LogP contribution in [0.25, 0.3) is 0 Å². The summed E-state index contributed by atoms with van der Waals surface area (Å²) in [5.74, 6) is -2.25. The molecule has 1 aliphatic heterocycles. The summed E-state index contributed by atoms with van der Waals surface area (Å²) >= 11 is 0. The van der Waals surface area contributed by atoms with E-state index in [1.165, 1.54) is 0 Å². The Kier molecular flexibility index (Phi) is 3.82. The van der Waals surface area contributed by atoms with Crippen molar-refractivity contribution in [2.45, 2.75) is 12.8 Å². The molecule has 4 nitrogen and oxygen atoms in total. The number of benzene rings is 2. The molecular formula is C17H14F2N2O2. The largest absolute Gasteiger partial charge is 0.322 e. The van der Waals surface area contributed by atoms with Crippen molar-refractivity contribution < 1.29 is 18.4 Å². The number of carbonyl (C=O) groups excluding carboxylic acids is 2. The van der Waals surface area contributed by atoms with Gasteiger partial charge in [-0.3, -0.25) is 9.59 Å². The van der Waals surface area contributed by atoms with Gasteiger partial charge in [0.1, 0.15) is 11.6 Å². The number of nitrogens with zero attached hydrogens (tertiary/aromatic N) is 1. The molecule has 23 heavy (non-hydrogen) atoms. The molecule has 0 fully saturated rings. The number of anilines is 2. The summed E-state index contributed by atoms with van der Waals surface area (Å²) in [7, 11) is 1.70. The molecule has 1 heterocycles. The zero-order chi connectivity index (χ0) is 16.6. The maximum absolute atomic E-state index is 13.6. The summed E-state index contributed by atoms with van der Waals surface area (Å²) in [4.78, 5) is 25.3. The molecule has 0 radical (unpaired) electrons. The van der Waals surface area contributed by atoms with Gasteiger partial charge in [0.25, 0.3) is 5.91 Å². The molecule has 3 rings (SSSR count). The maximum Gasteiger partial charge on any atom is 0.258 e. The van der Waals surface area contributed by atoms with Crippen molar-refractivity contribution in [1.29, 1.82) is 0 Å². The topological polar surface area (TPSA) is 49.4 Å². The van der Waals surface area contributed by atoms with Gasteiger partial charge < -0.3 is 10.2 Å². The highest BCUT2D eigenvalue weighted by Gasteiger charge is 2.21. The van der Waals surface area contributed by atoms with Crippen LogP contribution in [-0.2, 0) is 11.2 Å². The fourth-order valence-corrected chi connectivity index (χ4v) is 2.61. The van der Waals surface area contributed by atoms with Crippen LogP contribution in [0.2, 0.25) is 0 Å². The number of carbonyl (C=O) groups is 2. The summed E-state index contributed by atoms with van der Waals surface area (Å²) in [5.41, 5.74) is 2.01. The molecule has 0 atom stereocenters. The van der Waals surface area contributed by atoms with E-state index in [0.29, 0.717) is 24.6 Å².